The van der Waals surface area contributed by atoms with Gasteiger partial charge in [0, 0.05) is 33.0 Å². The van der Waals surface area contributed by atoms with Gasteiger partial charge in [0.2, 0.25) is 17.7 Å². The average molecular weight is 342 g/mol. The number of hydrogen-bond acceptors (Lipinski definition) is 5. The van der Waals surface area contributed by atoms with Crippen molar-refractivity contribution in [2.45, 2.75) is 57.9 Å². The van der Waals surface area contributed by atoms with E-state index in [0.29, 0.717) is 19.4 Å². The maximum absolute atomic E-state index is 12.9. The van der Waals surface area contributed by atoms with Gasteiger partial charge in [-0.2, -0.15) is 0 Å². The molecule has 0 spiro atoms. The lowest BCUT2D eigenvalue weighted by Crippen LogP contribution is -2.60. The molecule has 0 bridgehead atoms. The van der Waals surface area contributed by atoms with E-state index in [1.54, 1.807) is 19.6 Å². The highest BCUT2D eigenvalue weighted by molar-refractivity contribution is 5.90. The van der Waals surface area contributed by atoms with Crippen LogP contribution in [0.5, 0.6) is 0 Å². The van der Waals surface area contributed by atoms with E-state index in [2.05, 4.69) is 12.3 Å². The van der Waals surface area contributed by atoms with Crippen LogP contribution in [-0.4, -0.2) is 59.5 Å². The number of nitrogens with one attached hydrogen (secondary N) is 2. The van der Waals surface area contributed by atoms with Gasteiger partial charge in [0.25, 0.3) is 0 Å². The summed E-state index contributed by atoms with van der Waals surface area (Å²) in [5.41, 5.74) is 4.60. The lowest BCUT2D eigenvalue weighted by Gasteiger charge is -2.38. The van der Waals surface area contributed by atoms with Crippen molar-refractivity contribution in [3.05, 3.63) is 0 Å². The molecular weight excluding hydrogens is 312 g/mol. The van der Waals surface area contributed by atoms with Crippen molar-refractivity contribution < 1.29 is 19.6 Å². The van der Waals surface area contributed by atoms with Gasteiger partial charge in [-0.15, -0.1) is 0 Å². The second kappa shape index (κ2) is 10.2. The van der Waals surface area contributed by atoms with Crippen molar-refractivity contribution in [2.24, 2.45) is 5.92 Å². The minimum Gasteiger partial charge on any atom is -0.347 e. The van der Waals surface area contributed by atoms with Gasteiger partial charge >= 0.3 is 0 Å². The van der Waals surface area contributed by atoms with Crippen LogP contribution in [0.1, 0.15) is 51.9 Å². The smallest absolute Gasteiger partial charge is 0.246 e. The van der Waals surface area contributed by atoms with Crippen molar-refractivity contribution in [1.29, 1.82) is 0 Å². The minimum absolute atomic E-state index is 0.0832. The highest BCUT2D eigenvalue weighted by atomic mass is 16.5. The van der Waals surface area contributed by atoms with Crippen LogP contribution in [0.15, 0.2) is 0 Å². The number of nitrogens with zero attached hydrogens (tertiary/aromatic N) is 2. The SMILES string of the molecule is CCCCC[C@H](CC(=O)NO)C(=O)N1NCCC[C@H]1C(=O)N(C)C. The number of likely N-dealkylation sites (N-methyl/N-ethyl adjacent to an activating group) is 1. The molecule has 24 heavy (non-hydrogen) atoms. The van der Waals surface area contributed by atoms with Crippen molar-refractivity contribution >= 4 is 17.7 Å². The summed E-state index contributed by atoms with van der Waals surface area (Å²) in [4.78, 5) is 38.3. The average Bonchev–Trinajstić information content (AvgIpc) is 2.59. The molecule has 3 N–H and O–H groups in total. The molecule has 0 aliphatic carbocycles. The molecule has 0 aromatic heterocycles. The zero-order valence-corrected chi connectivity index (χ0v) is 14.9. The van der Waals surface area contributed by atoms with Gasteiger partial charge in [-0.1, -0.05) is 26.2 Å². The molecule has 1 aliphatic heterocycles. The quantitative estimate of drug-likeness (QED) is 0.342. The molecule has 2 atom stereocenters. The largest absolute Gasteiger partial charge is 0.347 e. The first-order chi connectivity index (χ1) is 11.4. The van der Waals surface area contributed by atoms with Crippen LogP contribution in [0.3, 0.4) is 0 Å². The molecule has 1 saturated heterocycles. The third kappa shape index (κ3) is 5.76. The van der Waals surface area contributed by atoms with Crippen LogP contribution in [0.2, 0.25) is 0 Å². The Morgan fingerprint density at radius 2 is 2.04 bits per heavy atom. The summed E-state index contributed by atoms with van der Waals surface area (Å²) in [7, 11) is 3.33. The van der Waals surface area contributed by atoms with Crippen LogP contribution >= 0.6 is 0 Å². The van der Waals surface area contributed by atoms with E-state index in [1.807, 2.05) is 0 Å². The fraction of sp³-hybridized carbons (Fsp3) is 0.812. The van der Waals surface area contributed by atoms with Crippen molar-refractivity contribution in [3.8, 4) is 0 Å². The van der Waals surface area contributed by atoms with Crippen LogP contribution < -0.4 is 10.9 Å². The summed E-state index contributed by atoms with van der Waals surface area (Å²) in [6.07, 6.45) is 4.69. The zero-order chi connectivity index (χ0) is 18.1. The molecule has 3 amide bonds. The first-order valence-electron chi connectivity index (χ1n) is 8.63. The Kier molecular flexibility index (Phi) is 8.70. The van der Waals surface area contributed by atoms with Gasteiger partial charge in [-0.25, -0.2) is 10.9 Å². The first-order valence-corrected chi connectivity index (χ1v) is 8.63. The van der Waals surface area contributed by atoms with Crippen molar-refractivity contribution in [1.82, 2.24) is 20.8 Å². The second-order valence-corrected chi connectivity index (χ2v) is 6.44. The molecule has 1 heterocycles. The zero-order valence-electron chi connectivity index (χ0n) is 14.9. The highest BCUT2D eigenvalue weighted by Crippen LogP contribution is 2.21. The molecule has 1 fully saturated rings. The molecule has 8 heteroatoms. The Labute approximate surface area is 143 Å². The van der Waals surface area contributed by atoms with Crippen molar-refractivity contribution in [3.63, 3.8) is 0 Å². The summed E-state index contributed by atoms with van der Waals surface area (Å²) in [6.45, 7) is 2.69. The minimum atomic E-state index is -0.586. The van der Waals surface area contributed by atoms with E-state index in [9.17, 15) is 14.4 Å². The predicted molar refractivity (Wildman–Crippen MR) is 88.7 cm³/mol. The lowest BCUT2D eigenvalue weighted by molar-refractivity contribution is -0.154. The van der Waals surface area contributed by atoms with Gasteiger partial charge in [0.15, 0.2) is 0 Å². The molecule has 8 nitrogen and oxygen atoms in total. The maximum Gasteiger partial charge on any atom is 0.246 e. The third-order valence-electron chi connectivity index (χ3n) is 4.27. The Morgan fingerprint density at radius 3 is 2.62 bits per heavy atom. The Bertz CT molecular complexity index is 442. The topological polar surface area (TPSA) is 102 Å². The lowest BCUT2D eigenvalue weighted by atomic mass is 9.95. The number of hydroxylamine groups is 1. The van der Waals surface area contributed by atoms with Gasteiger partial charge in [-0.05, 0) is 19.3 Å². The highest BCUT2D eigenvalue weighted by Gasteiger charge is 2.36. The monoisotopic (exact) mass is 342 g/mol. The normalized spacial score (nSPS) is 18.8. The maximum atomic E-state index is 12.9. The Balaban J connectivity index is 2.87. The standard InChI is InChI=1S/C16H30N4O4/c1-4-5-6-8-12(11-14(21)18-24)15(22)20-13(9-7-10-17-20)16(23)19(2)3/h12-13,17,24H,4-11H2,1-3H3,(H,18,21)/t12-,13+/m1/s1. The summed E-state index contributed by atoms with van der Waals surface area (Å²) in [5.74, 6) is -1.52. The van der Waals surface area contributed by atoms with E-state index in [1.165, 1.54) is 9.91 Å². The third-order valence-corrected chi connectivity index (χ3v) is 4.27. The van der Waals surface area contributed by atoms with Crippen LogP contribution in [0, 0.1) is 5.92 Å². The summed E-state index contributed by atoms with van der Waals surface area (Å²) in [5, 5.41) is 10.2. The van der Waals surface area contributed by atoms with Gasteiger partial charge in [0.05, 0.1) is 0 Å². The van der Waals surface area contributed by atoms with Gasteiger partial charge in [-0.3, -0.25) is 24.6 Å². The number of rotatable bonds is 8. The molecule has 0 saturated carbocycles. The van der Waals surface area contributed by atoms with E-state index < -0.39 is 17.9 Å². The van der Waals surface area contributed by atoms with Gasteiger partial charge in [0.1, 0.15) is 6.04 Å². The number of hydrogen-bond donors (Lipinski definition) is 3. The van der Waals surface area contributed by atoms with Crippen molar-refractivity contribution in [2.75, 3.05) is 20.6 Å². The van der Waals surface area contributed by atoms with Crippen LogP contribution in [0.25, 0.3) is 0 Å². The molecule has 138 valence electrons. The molecule has 1 aliphatic rings. The van der Waals surface area contributed by atoms with Gasteiger partial charge < -0.3 is 4.90 Å². The molecule has 0 aromatic carbocycles. The molecule has 0 radical (unpaired) electrons. The van der Waals surface area contributed by atoms with E-state index >= 15 is 0 Å². The molecule has 1 rings (SSSR count). The van der Waals surface area contributed by atoms with Crippen LogP contribution in [0.4, 0.5) is 0 Å². The fourth-order valence-corrected chi connectivity index (χ4v) is 2.92. The number of carbonyl (C=O) groups excluding carboxylic acids is 3. The fourth-order valence-electron chi connectivity index (χ4n) is 2.92. The van der Waals surface area contributed by atoms with E-state index in [0.717, 1.165) is 25.7 Å². The first kappa shape index (κ1) is 20.4. The summed E-state index contributed by atoms with van der Waals surface area (Å²) in [6, 6.07) is -0.549. The molecular formula is C16H30N4O4. The van der Waals surface area contributed by atoms with E-state index in [-0.39, 0.29) is 18.2 Å². The Hall–Kier alpha value is -1.67. The summed E-state index contributed by atoms with van der Waals surface area (Å²) < 4.78 is 0. The Morgan fingerprint density at radius 1 is 1.33 bits per heavy atom. The number of carbonyl (C=O) groups is 3. The molecule has 0 aromatic rings. The molecule has 0 unspecified atom stereocenters. The number of unbranched alkanes of at least 4 members (excludes halogenated alkanes) is 2. The second-order valence-electron chi connectivity index (χ2n) is 6.44. The predicted octanol–water partition coefficient (Wildman–Crippen LogP) is 0.662. The van der Waals surface area contributed by atoms with E-state index in [4.69, 9.17) is 5.21 Å². The number of amides is 3. The summed E-state index contributed by atoms with van der Waals surface area (Å²) >= 11 is 0. The van der Waals surface area contributed by atoms with Crippen LogP contribution in [-0.2, 0) is 14.4 Å². The number of hydrazine groups is 1.